The molecule has 3 N–H and O–H groups in total. The number of aromatic amines is 1. The maximum absolute atomic E-state index is 14.0. The lowest BCUT2D eigenvalue weighted by molar-refractivity contribution is -0.137. The number of aromatic nitrogens is 2. The molecule has 2 amide bonds. The van der Waals surface area contributed by atoms with Gasteiger partial charge in [-0.05, 0) is 67.9 Å². The first-order chi connectivity index (χ1) is 19.5. The highest BCUT2D eigenvalue weighted by Crippen LogP contribution is 2.36. The van der Waals surface area contributed by atoms with Crippen LogP contribution in [-0.4, -0.2) is 40.7 Å². The first-order valence-electron chi connectivity index (χ1n) is 12.4. The van der Waals surface area contributed by atoms with Crippen molar-refractivity contribution in [1.29, 1.82) is 0 Å². The minimum Gasteiger partial charge on any atom is -0.462 e. The Balaban J connectivity index is 1.53. The molecule has 4 aromatic rings. The number of hydrogen-bond donors (Lipinski definition) is 3. The van der Waals surface area contributed by atoms with E-state index in [1.807, 2.05) is 0 Å². The fourth-order valence-electron chi connectivity index (χ4n) is 4.00. The number of carbonyl (C=O) groups is 3. The van der Waals surface area contributed by atoms with Crippen LogP contribution in [-0.2, 0) is 22.2 Å². The predicted octanol–water partition coefficient (Wildman–Crippen LogP) is 5.01. The minimum atomic E-state index is -4.76. The number of pyridine rings is 1. The molecule has 214 valence electrons. The Labute approximate surface area is 231 Å². The molecule has 0 atom stereocenters. The summed E-state index contributed by atoms with van der Waals surface area (Å²) in [5.74, 6) is -1.37. The summed E-state index contributed by atoms with van der Waals surface area (Å²) in [5, 5.41) is 5.41. The normalized spacial score (nSPS) is 11.2. The second-order valence-electron chi connectivity index (χ2n) is 8.72. The molecule has 0 aliphatic heterocycles. The maximum Gasteiger partial charge on any atom is 0.418 e. The molecule has 0 spiro atoms. The lowest BCUT2D eigenvalue weighted by Gasteiger charge is -2.15. The Bertz CT molecular complexity index is 1660. The SMILES string of the molecule is CCOC(=O)c1ccc(NC(=O)NCc2ccn(-c3cc4cc(C(=O)OCC)c(=O)[nH]c4cc3C(F)(F)F)c2)cc1. The number of hydrogen-bond acceptors (Lipinski definition) is 6. The van der Waals surface area contributed by atoms with Gasteiger partial charge in [-0.15, -0.1) is 0 Å². The molecule has 2 aromatic carbocycles. The van der Waals surface area contributed by atoms with Crippen molar-refractivity contribution < 1.29 is 37.0 Å². The number of halogens is 3. The van der Waals surface area contributed by atoms with Gasteiger partial charge >= 0.3 is 24.1 Å². The zero-order valence-corrected chi connectivity index (χ0v) is 21.9. The van der Waals surface area contributed by atoms with E-state index in [0.717, 1.165) is 6.07 Å². The number of ether oxygens (including phenoxy) is 2. The van der Waals surface area contributed by atoms with Crippen molar-refractivity contribution in [1.82, 2.24) is 14.9 Å². The number of H-pyrrole nitrogens is 1. The number of benzene rings is 2. The molecule has 0 aliphatic carbocycles. The topological polar surface area (TPSA) is 132 Å². The molecular weight excluding hydrogens is 545 g/mol. The minimum absolute atomic E-state index is 0.00496. The van der Waals surface area contributed by atoms with Gasteiger partial charge in [-0.1, -0.05) is 0 Å². The third kappa shape index (κ3) is 6.75. The van der Waals surface area contributed by atoms with E-state index >= 15 is 0 Å². The molecular formula is C28H25F3N4O6. The predicted molar refractivity (Wildman–Crippen MR) is 143 cm³/mol. The first-order valence-corrected chi connectivity index (χ1v) is 12.4. The summed E-state index contributed by atoms with van der Waals surface area (Å²) in [4.78, 5) is 50.8. The van der Waals surface area contributed by atoms with Crippen LogP contribution in [0.15, 0.2) is 65.7 Å². The number of anilines is 1. The summed E-state index contributed by atoms with van der Waals surface area (Å²) in [5.41, 5.74) is -1.30. The first kappa shape index (κ1) is 28.9. The highest BCUT2D eigenvalue weighted by Gasteiger charge is 2.34. The number of nitrogens with zero attached hydrogens (tertiary/aromatic N) is 1. The number of amides is 2. The second-order valence-corrected chi connectivity index (χ2v) is 8.72. The Hall–Kier alpha value is -5.07. The average Bonchev–Trinajstić information content (AvgIpc) is 3.40. The van der Waals surface area contributed by atoms with Gasteiger partial charge in [0.05, 0.1) is 30.0 Å². The average molecular weight is 571 g/mol. The number of rotatable bonds is 8. The van der Waals surface area contributed by atoms with E-state index in [0.29, 0.717) is 16.8 Å². The second kappa shape index (κ2) is 12.0. The Morgan fingerprint density at radius 3 is 2.29 bits per heavy atom. The zero-order valence-electron chi connectivity index (χ0n) is 21.9. The van der Waals surface area contributed by atoms with E-state index in [1.54, 1.807) is 13.8 Å². The summed E-state index contributed by atoms with van der Waals surface area (Å²) in [7, 11) is 0. The number of urea groups is 1. The molecule has 0 unspecified atom stereocenters. The van der Waals surface area contributed by atoms with Gasteiger partial charge in [0.25, 0.3) is 5.56 Å². The van der Waals surface area contributed by atoms with Crippen LogP contribution in [0.5, 0.6) is 0 Å². The number of nitrogens with one attached hydrogen (secondary N) is 3. The van der Waals surface area contributed by atoms with E-state index < -0.39 is 35.3 Å². The maximum atomic E-state index is 14.0. The van der Waals surface area contributed by atoms with Crippen molar-refractivity contribution >= 4 is 34.6 Å². The zero-order chi connectivity index (χ0) is 29.7. The highest BCUT2D eigenvalue weighted by atomic mass is 19.4. The van der Waals surface area contributed by atoms with Crippen LogP contribution < -0.4 is 16.2 Å². The largest absolute Gasteiger partial charge is 0.462 e. The number of esters is 2. The number of fused-ring (bicyclic) bond motifs is 1. The highest BCUT2D eigenvalue weighted by molar-refractivity contribution is 5.94. The van der Waals surface area contributed by atoms with Crippen molar-refractivity contribution in [2.75, 3.05) is 18.5 Å². The molecule has 0 radical (unpaired) electrons. The van der Waals surface area contributed by atoms with Crippen LogP contribution in [0.25, 0.3) is 16.6 Å². The van der Waals surface area contributed by atoms with Gasteiger partial charge in [-0.3, -0.25) is 4.79 Å². The fraction of sp³-hybridized carbons (Fsp3) is 0.214. The Kier molecular flexibility index (Phi) is 8.45. The van der Waals surface area contributed by atoms with Gasteiger partial charge < -0.3 is 29.7 Å². The molecule has 0 fully saturated rings. The summed E-state index contributed by atoms with van der Waals surface area (Å²) in [6.45, 7) is 3.51. The lowest BCUT2D eigenvalue weighted by atomic mass is 10.1. The molecule has 0 saturated heterocycles. The van der Waals surface area contributed by atoms with E-state index in [2.05, 4.69) is 15.6 Å². The molecule has 0 aliphatic rings. The van der Waals surface area contributed by atoms with Crippen LogP contribution in [0.2, 0.25) is 0 Å². The molecule has 2 heterocycles. The number of carbonyl (C=O) groups excluding carboxylic acids is 3. The third-order valence-corrected chi connectivity index (χ3v) is 5.90. The van der Waals surface area contributed by atoms with Crippen LogP contribution in [0.3, 0.4) is 0 Å². The number of alkyl halides is 3. The van der Waals surface area contributed by atoms with Gasteiger partial charge in [0.1, 0.15) is 5.56 Å². The smallest absolute Gasteiger partial charge is 0.418 e. The van der Waals surface area contributed by atoms with Crippen LogP contribution >= 0.6 is 0 Å². The quantitative estimate of drug-likeness (QED) is 0.255. The van der Waals surface area contributed by atoms with Crippen molar-refractivity contribution in [2.24, 2.45) is 0 Å². The molecule has 4 rings (SSSR count). The lowest BCUT2D eigenvalue weighted by Crippen LogP contribution is -2.28. The van der Waals surface area contributed by atoms with Crippen molar-refractivity contribution in [3.63, 3.8) is 0 Å². The van der Waals surface area contributed by atoms with Gasteiger partial charge in [0.15, 0.2) is 0 Å². The summed E-state index contributed by atoms with van der Waals surface area (Å²) in [6.07, 6.45) is -1.94. The standard InChI is InChI=1S/C28H25F3N4O6/c1-3-40-25(37)17-5-7-19(8-6-17)33-27(39)32-14-16-9-10-35(15-16)23-12-18-11-20(26(38)41-4-2)24(36)34-22(18)13-21(23)28(29,30)31/h5-13,15H,3-4,14H2,1-2H3,(H,34,36)(H2,32,33,39). The third-order valence-electron chi connectivity index (χ3n) is 5.90. The van der Waals surface area contributed by atoms with Crippen molar-refractivity contribution in [2.45, 2.75) is 26.6 Å². The van der Waals surface area contributed by atoms with Gasteiger partial charge in [0.2, 0.25) is 0 Å². The van der Waals surface area contributed by atoms with Crippen LogP contribution in [0.4, 0.5) is 23.7 Å². The van der Waals surface area contributed by atoms with E-state index in [-0.39, 0.29) is 41.9 Å². The van der Waals surface area contributed by atoms with Crippen LogP contribution in [0, 0.1) is 0 Å². The van der Waals surface area contributed by atoms with E-state index in [4.69, 9.17) is 9.47 Å². The summed E-state index contributed by atoms with van der Waals surface area (Å²) < 4.78 is 52.9. The fourth-order valence-corrected chi connectivity index (χ4v) is 4.00. The summed E-state index contributed by atoms with van der Waals surface area (Å²) >= 11 is 0. The molecule has 10 nitrogen and oxygen atoms in total. The van der Waals surface area contributed by atoms with E-state index in [9.17, 15) is 32.3 Å². The molecule has 13 heteroatoms. The van der Waals surface area contributed by atoms with Gasteiger partial charge in [-0.25, -0.2) is 14.4 Å². The van der Waals surface area contributed by atoms with Crippen molar-refractivity contribution in [3.05, 3.63) is 93.5 Å². The molecule has 41 heavy (non-hydrogen) atoms. The monoisotopic (exact) mass is 570 g/mol. The van der Waals surface area contributed by atoms with Gasteiger partial charge in [0, 0.05) is 35.5 Å². The van der Waals surface area contributed by atoms with Crippen LogP contribution in [0.1, 0.15) is 45.7 Å². The molecule has 2 aromatic heterocycles. The van der Waals surface area contributed by atoms with E-state index in [1.165, 1.54) is 59.4 Å². The Morgan fingerprint density at radius 2 is 1.63 bits per heavy atom. The van der Waals surface area contributed by atoms with Gasteiger partial charge in [-0.2, -0.15) is 13.2 Å². The Morgan fingerprint density at radius 1 is 0.951 bits per heavy atom. The van der Waals surface area contributed by atoms with Crippen molar-refractivity contribution in [3.8, 4) is 5.69 Å². The molecule has 0 saturated carbocycles. The summed E-state index contributed by atoms with van der Waals surface area (Å²) in [6, 6.07) is 10.2. The molecule has 0 bridgehead atoms.